The molecule has 0 saturated heterocycles. The minimum atomic E-state index is -0.207. The van der Waals surface area contributed by atoms with Gasteiger partial charge in [-0.05, 0) is 53.6 Å². The van der Waals surface area contributed by atoms with Crippen LogP contribution in [-0.2, 0) is 6.54 Å². The van der Waals surface area contributed by atoms with Gasteiger partial charge in [-0.25, -0.2) is 0 Å². The van der Waals surface area contributed by atoms with Gasteiger partial charge in [-0.15, -0.1) is 0 Å². The molecule has 136 valence electrons. The number of aromatic amines is 1. The van der Waals surface area contributed by atoms with Gasteiger partial charge in [-0.1, -0.05) is 26.0 Å². The Morgan fingerprint density at radius 1 is 1.32 bits per heavy atom. The molecule has 0 aliphatic heterocycles. The first-order valence-electron chi connectivity index (χ1n) is 8.27. The fraction of sp³-hybridized carbons (Fsp3) is 0.444. The highest BCUT2D eigenvalue weighted by Gasteiger charge is 2.18. The number of carbonyl (C=O) groups is 1. The van der Waals surface area contributed by atoms with Crippen molar-refractivity contribution in [2.24, 2.45) is 0 Å². The second-order valence-electron chi connectivity index (χ2n) is 6.43. The Hall–Kier alpha value is -1.86. The lowest BCUT2D eigenvalue weighted by Gasteiger charge is -2.11. The molecule has 0 bridgehead atoms. The summed E-state index contributed by atoms with van der Waals surface area (Å²) < 4.78 is 6.38. The van der Waals surface area contributed by atoms with Crippen molar-refractivity contribution in [1.82, 2.24) is 20.4 Å². The van der Waals surface area contributed by atoms with E-state index in [0.717, 1.165) is 28.0 Å². The molecule has 1 aromatic carbocycles. The van der Waals surface area contributed by atoms with Crippen molar-refractivity contribution >= 4 is 21.8 Å². The van der Waals surface area contributed by atoms with E-state index >= 15 is 0 Å². The van der Waals surface area contributed by atoms with Crippen LogP contribution in [0.1, 0.15) is 41.5 Å². The van der Waals surface area contributed by atoms with Crippen molar-refractivity contribution in [3.8, 4) is 5.75 Å². The molecule has 1 heterocycles. The number of nitrogens with one attached hydrogen (secondary N) is 2. The van der Waals surface area contributed by atoms with Crippen LogP contribution in [0.3, 0.4) is 0 Å². The maximum Gasteiger partial charge on any atom is 0.273 e. The van der Waals surface area contributed by atoms with Gasteiger partial charge in [0.05, 0.1) is 10.2 Å². The zero-order chi connectivity index (χ0) is 18.4. The summed E-state index contributed by atoms with van der Waals surface area (Å²) >= 11 is 3.45. The van der Waals surface area contributed by atoms with Crippen molar-refractivity contribution in [3.05, 3.63) is 45.7 Å². The van der Waals surface area contributed by atoms with Crippen molar-refractivity contribution in [3.63, 3.8) is 0 Å². The number of H-pyrrole nitrogens is 1. The summed E-state index contributed by atoms with van der Waals surface area (Å²) in [6, 6.07) is 7.73. The standard InChI is InChI=1S/C18H25BrN4O2/c1-12(2)16-15(19)17(22-21-16)18(24)20-11-13-5-7-14(8-6-13)25-10-9-23(3)4/h5-8,12H,9-11H2,1-4H3,(H,20,24)(H,21,22). The lowest BCUT2D eigenvalue weighted by Crippen LogP contribution is -2.23. The van der Waals surface area contributed by atoms with Gasteiger partial charge >= 0.3 is 0 Å². The van der Waals surface area contributed by atoms with Gasteiger partial charge in [0.25, 0.3) is 5.91 Å². The largest absolute Gasteiger partial charge is 0.492 e. The lowest BCUT2D eigenvalue weighted by atomic mass is 10.1. The third-order valence-corrected chi connectivity index (χ3v) is 4.51. The summed E-state index contributed by atoms with van der Waals surface area (Å²) in [5.74, 6) is 0.887. The molecule has 25 heavy (non-hydrogen) atoms. The molecule has 1 amide bonds. The minimum Gasteiger partial charge on any atom is -0.492 e. The maximum atomic E-state index is 12.3. The molecule has 2 N–H and O–H groups in total. The molecule has 0 spiro atoms. The Morgan fingerprint density at radius 2 is 2.00 bits per heavy atom. The van der Waals surface area contributed by atoms with Gasteiger partial charge in [0.1, 0.15) is 12.4 Å². The van der Waals surface area contributed by atoms with Crippen LogP contribution in [0.15, 0.2) is 28.7 Å². The maximum absolute atomic E-state index is 12.3. The first-order chi connectivity index (χ1) is 11.9. The molecule has 1 aromatic heterocycles. The van der Waals surface area contributed by atoms with E-state index < -0.39 is 0 Å². The normalized spacial score (nSPS) is 11.2. The van der Waals surface area contributed by atoms with E-state index in [2.05, 4.69) is 36.3 Å². The fourth-order valence-electron chi connectivity index (χ4n) is 2.19. The summed E-state index contributed by atoms with van der Waals surface area (Å²) in [6.07, 6.45) is 0. The summed E-state index contributed by atoms with van der Waals surface area (Å²) in [6.45, 7) is 6.04. The van der Waals surface area contributed by atoms with E-state index in [-0.39, 0.29) is 11.8 Å². The van der Waals surface area contributed by atoms with E-state index in [9.17, 15) is 4.79 Å². The smallest absolute Gasteiger partial charge is 0.273 e. The van der Waals surface area contributed by atoms with Crippen LogP contribution in [0.5, 0.6) is 5.75 Å². The van der Waals surface area contributed by atoms with Gasteiger partial charge < -0.3 is 15.0 Å². The molecule has 2 rings (SSSR count). The van der Waals surface area contributed by atoms with Crippen molar-refractivity contribution in [2.45, 2.75) is 26.3 Å². The van der Waals surface area contributed by atoms with Crippen LogP contribution >= 0.6 is 15.9 Å². The third-order valence-electron chi connectivity index (χ3n) is 3.71. The number of likely N-dealkylation sites (N-methyl/N-ethyl adjacent to an activating group) is 1. The molecule has 0 aliphatic carbocycles. The number of hydrogen-bond acceptors (Lipinski definition) is 4. The molecule has 0 radical (unpaired) electrons. The van der Waals surface area contributed by atoms with Crippen molar-refractivity contribution < 1.29 is 9.53 Å². The number of carbonyl (C=O) groups excluding carboxylic acids is 1. The molecule has 0 aliphatic rings. The van der Waals surface area contributed by atoms with E-state index in [0.29, 0.717) is 18.8 Å². The quantitative estimate of drug-likeness (QED) is 0.703. The molecule has 0 saturated carbocycles. The second kappa shape index (κ2) is 9.01. The van der Waals surface area contributed by atoms with Crippen LogP contribution in [0.25, 0.3) is 0 Å². The number of amides is 1. The van der Waals surface area contributed by atoms with Gasteiger partial charge in [-0.2, -0.15) is 5.10 Å². The first-order valence-corrected chi connectivity index (χ1v) is 9.06. The second-order valence-corrected chi connectivity index (χ2v) is 7.23. The van der Waals surface area contributed by atoms with Crippen molar-refractivity contribution in [2.75, 3.05) is 27.2 Å². The van der Waals surface area contributed by atoms with Gasteiger partial charge in [0, 0.05) is 13.1 Å². The summed E-state index contributed by atoms with van der Waals surface area (Å²) in [4.78, 5) is 14.4. The van der Waals surface area contributed by atoms with E-state index in [1.807, 2.05) is 52.2 Å². The zero-order valence-corrected chi connectivity index (χ0v) is 16.7. The highest BCUT2D eigenvalue weighted by atomic mass is 79.9. The third kappa shape index (κ3) is 5.57. The average Bonchev–Trinajstić information content (AvgIpc) is 2.95. The number of aromatic nitrogens is 2. The number of ether oxygens (including phenoxy) is 1. The summed E-state index contributed by atoms with van der Waals surface area (Å²) in [7, 11) is 4.02. The Labute approximate surface area is 157 Å². The Kier molecular flexibility index (Phi) is 7.01. The number of benzene rings is 1. The fourth-order valence-corrected chi connectivity index (χ4v) is 3.01. The van der Waals surface area contributed by atoms with Gasteiger partial charge in [-0.3, -0.25) is 9.89 Å². The van der Waals surface area contributed by atoms with Gasteiger partial charge in [0.2, 0.25) is 0 Å². The molecule has 0 atom stereocenters. The summed E-state index contributed by atoms with van der Waals surface area (Å²) in [5, 5.41) is 9.90. The minimum absolute atomic E-state index is 0.207. The molecule has 7 heteroatoms. The van der Waals surface area contributed by atoms with Crippen LogP contribution in [0.4, 0.5) is 0 Å². The molecule has 2 aromatic rings. The average molecular weight is 409 g/mol. The van der Waals surface area contributed by atoms with E-state index in [1.54, 1.807) is 0 Å². The number of nitrogens with zero attached hydrogens (tertiary/aromatic N) is 2. The van der Waals surface area contributed by atoms with Crippen LogP contribution in [-0.4, -0.2) is 48.3 Å². The van der Waals surface area contributed by atoms with E-state index in [1.165, 1.54) is 0 Å². The van der Waals surface area contributed by atoms with Crippen molar-refractivity contribution in [1.29, 1.82) is 0 Å². The zero-order valence-electron chi connectivity index (χ0n) is 15.1. The monoisotopic (exact) mass is 408 g/mol. The Balaban J connectivity index is 1.87. The number of halogens is 1. The topological polar surface area (TPSA) is 70.2 Å². The van der Waals surface area contributed by atoms with E-state index in [4.69, 9.17) is 4.74 Å². The highest BCUT2D eigenvalue weighted by Crippen LogP contribution is 2.25. The predicted octanol–water partition coefficient (Wildman–Crippen LogP) is 3.17. The molecule has 0 unspecified atom stereocenters. The number of hydrogen-bond donors (Lipinski definition) is 2. The van der Waals surface area contributed by atoms with Crippen LogP contribution in [0.2, 0.25) is 0 Å². The SMILES string of the molecule is CC(C)c1[nH]nc(C(=O)NCc2ccc(OCCN(C)C)cc2)c1Br. The molecular weight excluding hydrogens is 384 g/mol. The predicted molar refractivity (Wildman–Crippen MR) is 102 cm³/mol. The molecule has 6 nitrogen and oxygen atoms in total. The molecule has 0 fully saturated rings. The highest BCUT2D eigenvalue weighted by molar-refractivity contribution is 9.10. The Morgan fingerprint density at radius 3 is 2.56 bits per heavy atom. The Bertz CT molecular complexity index is 696. The first kappa shape index (κ1) is 19.5. The van der Waals surface area contributed by atoms with Crippen LogP contribution in [0, 0.1) is 0 Å². The molecular formula is C18H25BrN4O2. The lowest BCUT2D eigenvalue weighted by molar-refractivity contribution is 0.0945. The summed E-state index contributed by atoms with van der Waals surface area (Å²) in [5.41, 5.74) is 2.31. The van der Waals surface area contributed by atoms with Gasteiger partial charge in [0.15, 0.2) is 5.69 Å². The number of rotatable bonds is 8. The van der Waals surface area contributed by atoms with Crippen LogP contribution < -0.4 is 10.1 Å².